The molecule has 0 unspecified atom stereocenters. The molecule has 0 bridgehead atoms. The smallest absolute Gasteiger partial charge is 0.246 e. The first-order valence-corrected chi connectivity index (χ1v) is 12.8. The molecule has 3 rings (SSSR count). The fraction of sp³-hybridized carbons (Fsp3) is 0.444. The quantitative estimate of drug-likeness (QED) is 0.605. The Morgan fingerprint density at radius 3 is 2.42 bits per heavy atom. The highest BCUT2D eigenvalue weighted by Gasteiger charge is 2.30. The summed E-state index contributed by atoms with van der Waals surface area (Å²) in [4.78, 5) is 12.3. The SMILES string of the molecule is Cc1noc(C)c1S(=O)(=O)N[C@@H](C)C(=O)Nc1ccc(Cl)c(S(=O)(=O)N2CCCC2)c1. The Bertz CT molecular complexity index is 1180. The zero-order chi connectivity index (χ0) is 23.0. The standard InChI is InChI=1S/C18H23ClN4O6S2/c1-11-17(13(3)29-21-11)30(25,26)22-12(2)18(24)20-14-6-7-15(19)16(10-14)31(27,28)23-8-4-5-9-23/h6-7,10,12,22H,4-5,8-9H2,1-3H3,(H,20,24)/t12-/m0/s1. The van der Waals surface area contributed by atoms with Crippen molar-refractivity contribution in [3.8, 4) is 0 Å². The summed E-state index contributed by atoms with van der Waals surface area (Å²) in [6.45, 7) is 5.12. The molecule has 2 heterocycles. The van der Waals surface area contributed by atoms with Crippen LogP contribution in [0, 0.1) is 13.8 Å². The minimum Gasteiger partial charge on any atom is -0.360 e. The van der Waals surface area contributed by atoms with Gasteiger partial charge < -0.3 is 9.84 Å². The summed E-state index contributed by atoms with van der Waals surface area (Å²) in [5.74, 6) is -0.575. The van der Waals surface area contributed by atoms with Gasteiger partial charge in [-0.05, 0) is 51.8 Å². The molecule has 2 N–H and O–H groups in total. The van der Waals surface area contributed by atoms with Gasteiger partial charge in [-0.1, -0.05) is 16.8 Å². The van der Waals surface area contributed by atoms with E-state index in [-0.39, 0.29) is 32.0 Å². The first-order valence-electron chi connectivity index (χ1n) is 9.49. The van der Waals surface area contributed by atoms with Gasteiger partial charge in [0, 0.05) is 18.8 Å². The molecule has 1 atom stereocenters. The van der Waals surface area contributed by atoms with Crippen molar-refractivity contribution >= 4 is 43.2 Å². The van der Waals surface area contributed by atoms with Crippen molar-refractivity contribution in [2.24, 2.45) is 0 Å². The van der Waals surface area contributed by atoms with E-state index in [1.807, 2.05) is 0 Å². The highest BCUT2D eigenvalue weighted by molar-refractivity contribution is 7.89. The Balaban J connectivity index is 1.77. The topological polar surface area (TPSA) is 139 Å². The number of aryl methyl sites for hydroxylation is 2. The summed E-state index contributed by atoms with van der Waals surface area (Å²) in [6.07, 6.45) is 1.55. The van der Waals surface area contributed by atoms with Crippen molar-refractivity contribution in [1.29, 1.82) is 0 Å². The lowest BCUT2D eigenvalue weighted by Crippen LogP contribution is -2.41. The molecule has 1 amide bonds. The molecule has 0 aliphatic carbocycles. The molecule has 31 heavy (non-hydrogen) atoms. The highest BCUT2D eigenvalue weighted by atomic mass is 35.5. The van der Waals surface area contributed by atoms with Gasteiger partial charge in [-0.3, -0.25) is 4.79 Å². The first-order chi connectivity index (χ1) is 14.4. The van der Waals surface area contributed by atoms with Crippen LogP contribution in [0.1, 0.15) is 31.2 Å². The zero-order valence-corrected chi connectivity index (χ0v) is 19.6. The molecule has 10 nitrogen and oxygen atoms in total. The second-order valence-corrected chi connectivity index (χ2v) is 11.2. The summed E-state index contributed by atoms with van der Waals surface area (Å²) in [6, 6.07) is 2.93. The third-order valence-corrected chi connectivity index (χ3v) is 9.01. The van der Waals surface area contributed by atoms with Crippen LogP contribution >= 0.6 is 11.6 Å². The number of carbonyl (C=O) groups is 1. The molecule has 0 spiro atoms. The van der Waals surface area contributed by atoms with Crippen molar-refractivity contribution < 1.29 is 26.2 Å². The summed E-state index contributed by atoms with van der Waals surface area (Å²) in [5.41, 5.74) is 0.350. The lowest BCUT2D eigenvalue weighted by atomic mass is 10.3. The number of nitrogens with zero attached hydrogens (tertiary/aromatic N) is 2. The van der Waals surface area contributed by atoms with E-state index in [1.54, 1.807) is 0 Å². The first kappa shape index (κ1) is 23.7. The number of rotatable bonds is 7. The second-order valence-electron chi connectivity index (χ2n) is 7.24. The Kier molecular flexibility index (Phi) is 6.77. The van der Waals surface area contributed by atoms with Gasteiger partial charge >= 0.3 is 0 Å². The maximum Gasteiger partial charge on any atom is 0.246 e. The average molecular weight is 491 g/mol. The zero-order valence-electron chi connectivity index (χ0n) is 17.2. The molecule has 1 fully saturated rings. The molecule has 1 aliphatic rings. The van der Waals surface area contributed by atoms with E-state index in [1.165, 1.54) is 43.3 Å². The third-order valence-electron chi connectivity index (χ3n) is 4.84. The van der Waals surface area contributed by atoms with Crippen LogP contribution in [-0.2, 0) is 24.8 Å². The van der Waals surface area contributed by atoms with Gasteiger partial charge in [0.05, 0.1) is 11.1 Å². The molecule has 1 saturated heterocycles. The van der Waals surface area contributed by atoms with Gasteiger partial charge in [0.15, 0.2) is 5.76 Å². The van der Waals surface area contributed by atoms with E-state index < -0.39 is 32.0 Å². The number of aromatic nitrogens is 1. The van der Waals surface area contributed by atoms with Crippen molar-refractivity contribution in [1.82, 2.24) is 14.2 Å². The van der Waals surface area contributed by atoms with Crippen molar-refractivity contribution in [3.63, 3.8) is 0 Å². The Morgan fingerprint density at radius 2 is 1.84 bits per heavy atom. The molecular weight excluding hydrogens is 468 g/mol. The molecule has 1 aliphatic heterocycles. The van der Waals surface area contributed by atoms with Gasteiger partial charge in [-0.2, -0.15) is 9.03 Å². The maximum atomic E-state index is 12.8. The van der Waals surface area contributed by atoms with E-state index in [4.69, 9.17) is 16.1 Å². The van der Waals surface area contributed by atoms with Gasteiger partial charge in [-0.25, -0.2) is 16.8 Å². The third kappa shape index (κ3) is 4.93. The molecule has 13 heteroatoms. The summed E-state index contributed by atoms with van der Waals surface area (Å²) in [7, 11) is -7.85. The molecule has 170 valence electrons. The van der Waals surface area contributed by atoms with Crippen molar-refractivity contribution in [3.05, 3.63) is 34.7 Å². The molecule has 0 radical (unpaired) electrons. The van der Waals surface area contributed by atoms with E-state index >= 15 is 0 Å². The largest absolute Gasteiger partial charge is 0.360 e. The van der Waals surface area contributed by atoms with E-state index in [0.29, 0.717) is 13.1 Å². The van der Waals surface area contributed by atoms with Crippen LogP contribution in [-0.4, -0.2) is 51.3 Å². The van der Waals surface area contributed by atoms with Gasteiger partial charge in [0.25, 0.3) is 0 Å². The Hall–Kier alpha value is -1.99. The van der Waals surface area contributed by atoms with Crippen molar-refractivity contribution in [2.75, 3.05) is 18.4 Å². The lowest BCUT2D eigenvalue weighted by Gasteiger charge is -2.18. The van der Waals surface area contributed by atoms with E-state index in [2.05, 4.69) is 15.2 Å². The number of hydrogen-bond acceptors (Lipinski definition) is 7. The highest BCUT2D eigenvalue weighted by Crippen LogP contribution is 2.29. The number of halogens is 1. The second kappa shape index (κ2) is 8.87. The Labute approximate surface area is 186 Å². The van der Waals surface area contributed by atoms with Crippen molar-refractivity contribution in [2.45, 2.75) is 49.4 Å². The number of amides is 1. The fourth-order valence-corrected chi connectivity index (χ4v) is 6.85. The van der Waals surface area contributed by atoms with Crippen LogP contribution in [0.4, 0.5) is 5.69 Å². The summed E-state index contributed by atoms with van der Waals surface area (Å²) in [5, 5.41) is 6.17. The number of anilines is 1. The predicted molar refractivity (Wildman–Crippen MR) is 114 cm³/mol. The number of benzene rings is 1. The lowest BCUT2D eigenvalue weighted by molar-refractivity contribution is -0.117. The normalized spacial score (nSPS) is 16.4. The minimum absolute atomic E-state index is 0.0389. The van der Waals surface area contributed by atoms with Crippen LogP contribution in [0.25, 0.3) is 0 Å². The summed E-state index contributed by atoms with van der Waals surface area (Å²) < 4.78 is 59.3. The van der Waals surface area contributed by atoms with E-state index in [9.17, 15) is 21.6 Å². The molecule has 1 aromatic carbocycles. The molecule has 2 aromatic rings. The number of sulfonamides is 2. The Morgan fingerprint density at radius 1 is 1.19 bits per heavy atom. The fourth-order valence-electron chi connectivity index (χ4n) is 3.30. The van der Waals surface area contributed by atoms with Gasteiger partial charge in [0.2, 0.25) is 26.0 Å². The number of carbonyl (C=O) groups excluding carboxylic acids is 1. The predicted octanol–water partition coefficient (Wildman–Crippen LogP) is 2.03. The van der Waals surface area contributed by atoms with Crippen LogP contribution in [0.15, 0.2) is 32.5 Å². The van der Waals surface area contributed by atoms with Gasteiger partial charge in [0.1, 0.15) is 15.5 Å². The molecule has 1 aromatic heterocycles. The van der Waals surface area contributed by atoms with Crippen LogP contribution in [0.3, 0.4) is 0 Å². The summed E-state index contributed by atoms with van der Waals surface area (Å²) >= 11 is 6.11. The average Bonchev–Trinajstić information content (AvgIpc) is 3.33. The monoisotopic (exact) mass is 490 g/mol. The maximum absolute atomic E-state index is 12.8. The van der Waals surface area contributed by atoms with E-state index in [0.717, 1.165) is 12.8 Å². The van der Waals surface area contributed by atoms with Crippen LogP contribution < -0.4 is 10.0 Å². The molecular formula is C18H23ClN4O6S2. The van der Waals surface area contributed by atoms with Gasteiger partial charge in [-0.15, -0.1) is 0 Å². The molecule has 0 saturated carbocycles. The van der Waals surface area contributed by atoms with Crippen LogP contribution in [0.2, 0.25) is 5.02 Å². The number of hydrogen-bond donors (Lipinski definition) is 2. The van der Waals surface area contributed by atoms with Crippen LogP contribution in [0.5, 0.6) is 0 Å². The minimum atomic E-state index is -4.05. The number of nitrogens with one attached hydrogen (secondary N) is 2.